The van der Waals surface area contributed by atoms with Crippen molar-refractivity contribution in [2.24, 2.45) is 11.8 Å². The first kappa shape index (κ1) is 15.5. The second-order valence-corrected chi connectivity index (χ2v) is 6.09. The van der Waals surface area contributed by atoms with E-state index >= 15 is 0 Å². The minimum absolute atomic E-state index is 0.0729. The lowest BCUT2D eigenvalue weighted by Gasteiger charge is -2.28. The van der Waals surface area contributed by atoms with Gasteiger partial charge in [-0.3, -0.25) is 4.79 Å². The number of carbonyl (C=O) groups excluding carboxylic acids is 1. The summed E-state index contributed by atoms with van der Waals surface area (Å²) < 4.78 is 0. The van der Waals surface area contributed by atoms with Gasteiger partial charge in [0.05, 0.1) is 6.04 Å². The van der Waals surface area contributed by atoms with Gasteiger partial charge in [0, 0.05) is 6.04 Å². The molecule has 1 fully saturated rings. The number of nitrogens with one attached hydrogen (secondary N) is 2. The maximum Gasteiger partial charge on any atom is 0.237 e. The summed E-state index contributed by atoms with van der Waals surface area (Å²) in [6.07, 6.45) is 6.34. The van der Waals surface area contributed by atoms with Gasteiger partial charge in [0.2, 0.25) is 5.91 Å². The smallest absolute Gasteiger partial charge is 0.237 e. The molecule has 4 atom stereocenters. The lowest BCUT2D eigenvalue weighted by molar-refractivity contribution is -0.123. The molecular weight excluding hydrogens is 224 g/mol. The Labute approximate surface area is 112 Å². The molecule has 18 heavy (non-hydrogen) atoms. The average molecular weight is 254 g/mol. The van der Waals surface area contributed by atoms with E-state index in [2.05, 4.69) is 24.5 Å². The van der Waals surface area contributed by atoms with Gasteiger partial charge in [0.25, 0.3) is 0 Å². The van der Waals surface area contributed by atoms with E-state index in [1.165, 1.54) is 25.7 Å². The van der Waals surface area contributed by atoms with Crippen molar-refractivity contribution in [1.82, 2.24) is 10.6 Å². The minimum atomic E-state index is -0.0729. The molecule has 0 aromatic carbocycles. The van der Waals surface area contributed by atoms with Gasteiger partial charge in [-0.25, -0.2) is 0 Å². The van der Waals surface area contributed by atoms with Crippen LogP contribution in [0.5, 0.6) is 0 Å². The molecule has 0 heterocycles. The molecule has 0 aromatic heterocycles. The summed E-state index contributed by atoms with van der Waals surface area (Å²) in [7, 11) is 0. The van der Waals surface area contributed by atoms with Crippen LogP contribution < -0.4 is 10.6 Å². The van der Waals surface area contributed by atoms with Crippen molar-refractivity contribution in [2.75, 3.05) is 6.54 Å². The molecule has 0 aliphatic heterocycles. The second-order valence-electron chi connectivity index (χ2n) is 6.09. The van der Waals surface area contributed by atoms with E-state index in [0.717, 1.165) is 24.8 Å². The Morgan fingerprint density at radius 1 is 1.33 bits per heavy atom. The number of carbonyl (C=O) groups is 1. The molecule has 106 valence electrons. The highest BCUT2D eigenvalue weighted by molar-refractivity contribution is 5.81. The van der Waals surface area contributed by atoms with Crippen molar-refractivity contribution in [1.29, 1.82) is 0 Å². The standard InChI is InChI=1S/C15H30N2O/c1-5-12(3)17-15(18)13(4)16-10-14-8-6-7-11(2)9-14/h11-14,16H,5-10H2,1-4H3,(H,17,18). The summed E-state index contributed by atoms with van der Waals surface area (Å²) in [5.41, 5.74) is 0. The third kappa shape index (κ3) is 5.38. The highest BCUT2D eigenvalue weighted by Crippen LogP contribution is 2.27. The van der Waals surface area contributed by atoms with E-state index in [4.69, 9.17) is 0 Å². The van der Waals surface area contributed by atoms with Crippen LogP contribution in [0.1, 0.15) is 59.8 Å². The average Bonchev–Trinajstić information content (AvgIpc) is 2.35. The zero-order valence-corrected chi connectivity index (χ0v) is 12.5. The van der Waals surface area contributed by atoms with Crippen molar-refractivity contribution in [3.63, 3.8) is 0 Å². The topological polar surface area (TPSA) is 41.1 Å². The van der Waals surface area contributed by atoms with E-state index in [9.17, 15) is 4.79 Å². The van der Waals surface area contributed by atoms with Gasteiger partial charge in [-0.15, -0.1) is 0 Å². The van der Waals surface area contributed by atoms with Gasteiger partial charge in [-0.1, -0.05) is 26.7 Å². The highest BCUT2D eigenvalue weighted by Gasteiger charge is 2.20. The fraction of sp³-hybridized carbons (Fsp3) is 0.933. The monoisotopic (exact) mass is 254 g/mol. The van der Waals surface area contributed by atoms with Crippen molar-refractivity contribution >= 4 is 5.91 Å². The Kier molecular flexibility index (Phi) is 6.69. The molecule has 3 heteroatoms. The number of amides is 1. The number of rotatable bonds is 6. The van der Waals surface area contributed by atoms with Crippen LogP contribution >= 0.6 is 0 Å². The van der Waals surface area contributed by atoms with Gasteiger partial charge in [-0.2, -0.15) is 0 Å². The molecule has 1 aliphatic carbocycles. The summed E-state index contributed by atoms with van der Waals surface area (Å²) in [6.45, 7) is 9.43. The van der Waals surface area contributed by atoms with Crippen LogP contribution in [0.25, 0.3) is 0 Å². The lowest BCUT2D eigenvalue weighted by Crippen LogP contribution is -2.46. The van der Waals surface area contributed by atoms with Crippen LogP contribution in [0.3, 0.4) is 0 Å². The Bertz CT molecular complexity index is 255. The first-order valence-electron chi connectivity index (χ1n) is 7.56. The van der Waals surface area contributed by atoms with E-state index in [-0.39, 0.29) is 18.0 Å². The van der Waals surface area contributed by atoms with Crippen molar-refractivity contribution < 1.29 is 4.79 Å². The second kappa shape index (κ2) is 7.78. The van der Waals surface area contributed by atoms with E-state index in [0.29, 0.717) is 0 Å². The predicted octanol–water partition coefficient (Wildman–Crippen LogP) is 2.71. The minimum Gasteiger partial charge on any atom is -0.352 e. The number of hydrogen-bond donors (Lipinski definition) is 2. The third-order valence-electron chi connectivity index (χ3n) is 4.15. The van der Waals surface area contributed by atoms with E-state index < -0.39 is 0 Å². The van der Waals surface area contributed by atoms with Crippen LogP contribution in [-0.2, 0) is 4.79 Å². The summed E-state index contributed by atoms with van der Waals surface area (Å²) in [5, 5.41) is 6.41. The van der Waals surface area contributed by atoms with E-state index in [1.807, 2.05) is 13.8 Å². The summed E-state index contributed by atoms with van der Waals surface area (Å²) in [6, 6.07) is 0.202. The predicted molar refractivity (Wildman–Crippen MR) is 76.5 cm³/mol. The van der Waals surface area contributed by atoms with Crippen LogP contribution in [0, 0.1) is 11.8 Å². The van der Waals surface area contributed by atoms with E-state index in [1.54, 1.807) is 0 Å². The highest BCUT2D eigenvalue weighted by atomic mass is 16.2. The number of hydrogen-bond acceptors (Lipinski definition) is 2. The van der Waals surface area contributed by atoms with Gasteiger partial charge in [0.1, 0.15) is 0 Å². The largest absolute Gasteiger partial charge is 0.352 e. The molecule has 0 aromatic rings. The quantitative estimate of drug-likeness (QED) is 0.765. The molecule has 1 rings (SSSR count). The molecule has 0 bridgehead atoms. The summed E-state index contributed by atoms with van der Waals surface area (Å²) in [4.78, 5) is 11.9. The first-order chi connectivity index (χ1) is 8.52. The maximum absolute atomic E-state index is 11.9. The molecule has 0 saturated heterocycles. The third-order valence-corrected chi connectivity index (χ3v) is 4.15. The van der Waals surface area contributed by atoms with Crippen molar-refractivity contribution in [2.45, 2.75) is 71.9 Å². The van der Waals surface area contributed by atoms with Crippen molar-refractivity contribution in [3.8, 4) is 0 Å². The molecule has 0 spiro atoms. The molecule has 1 saturated carbocycles. The molecule has 3 nitrogen and oxygen atoms in total. The Hall–Kier alpha value is -0.570. The zero-order valence-electron chi connectivity index (χ0n) is 12.5. The molecule has 2 N–H and O–H groups in total. The zero-order chi connectivity index (χ0) is 13.5. The fourth-order valence-corrected chi connectivity index (χ4v) is 2.65. The molecule has 1 amide bonds. The normalized spacial score (nSPS) is 27.6. The van der Waals surface area contributed by atoms with Crippen LogP contribution in [-0.4, -0.2) is 24.5 Å². The molecule has 4 unspecified atom stereocenters. The van der Waals surface area contributed by atoms with Crippen molar-refractivity contribution in [3.05, 3.63) is 0 Å². The van der Waals surface area contributed by atoms with Gasteiger partial charge in [0.15, 0.2) is 0 Å². The SMILES string of the molecule is CCC(C)NC(=O)C(C)NCC1CCCC(C)C1. The van der Waals surface area contributed by atoms with Crippen LogP contribution in [0.2, 0.25) is 0 Å². The van der Waals surface area contributed by atoms with Gasteiger partial charge in [-0.05, 0) is 51.5 Å². The van der Waals surface area contributed by atoms with Gasteiger partial charge >= 0.3 is 0 Å². The Balaban J connectivity index is 2.23. The Morgan fingerprint density at radius 2 is 2.06 bits per heavy atom. The Morgan fingerprint density at radius 3 is 2.67 bits per heavy atom. The summed E-state index contributed by atoms with van der Waals surface area (Å²) in [5.74, 6) is 1.75. The first-order valence-corrected chi connectivity index (χ1v) is 7.56. The molecular formula is C15H30N2O. The summed E-state index contributed by atoms with van der Waals surface area (Å²) >= 11 is 0. The lowest BCUT2D eigenvalue weighted by atomic mass is 9.82. The van der Waals surface area contributed by atoms with Gasteiger partial charge < -0.3 is 10.6 Å². The van der Waals surface area contributed by atoms with Crippen LogP contribution in [0.15, 0.2) is 0 Å². The maximum atomic E-state index is 11.9. The van der Waals surface area contributed by atoms with Crippen LogP contribution in [0.4, 0.5) is 0 Å². The molecule has 0 radical (unpaired) electrons. The molecule has 1 aliphatic rings. The fourth-order valence-electron chi connectivity index (χ4n) is 2.65.